The van der Waals surface area contributed by atoms with Gasteiger partial charge in [-0.1, -0.05) is 15.9 Å². The zero-order chi connectivity index (χ0) is 15.2. The fraction of sp³-hybridized carbons (Fsp3) is 0.200. The number of nitrogens with zero attached hydrogens (tertiary/aromatic N) is 1. The molecule has 1 aromatic carbocycles. The number of carbonyl (C=O) groups is 1. The molecule has 0 unspecified atom stereocenters. The van der Waals surface area contributed by atoms with Crippen molar-refractivity contribution in [2.75, 3.05) is 11.9 Å². The highest BCUT2D eigenvalue weighted by Gasteiger charge is 2.10. The maximum absolute atomic E-state index is 12.8. The summed E-state index contributed by atoms with van der Waals surface area (Å²) in [5.41, 5.74) is 1.72. The molecule has 6 heteroatoms. The van der Waals surface area contributed by atoms with Crippen LogP contribution < -0.4 is 10.1 Å². The standard InChI is InChI=1S/C15H14BrFN2O2/c1-2-21-14-6-4-12(7-10(14)8-16)19-15(20)13-5-3-11(17)9-18-13/h3-7,9H,2,8H2,1H3,(H,19,20). The van der Waals surface area contributed by atoms with Crippen molar-refractivity contribution < 1.29 is 13.9 Å². The first-order chi connectivity index (χ1) is 10.1. The van der Waals surface area contributed by atoms with E-state index in [1.54, 1.807) is 12.1 Å². The second-order valence-electron chi connectivity index (χ2n) is 4.20. The molecule has 2 rings (SSSR count). The van der Waals surface area contributed by atoms with Crippen molar-refractivity contribution in [2.24, 2.45) is 0 Å². The van der Waals surface area contributed by atoms with Crippen molar-refractivity contribution >= 4 is 27.5 Å². The van der Waals surface area contributed by atoms with Crippen LogP contribution in [-0.4, -0.2) is 17.5 Å². The van der Waals surface area contributed by atoms with E-state index in [0.717, 1.165) is 17.5 Å². The minimum Gasteiger partial charge on any atom is -0.494 e. The lowest BCUT2D eigenvalue weighted by Gasteiger charge is -2.11. The first-order valence-corrected chi connectivity index (χ1v) is 7.50. The van der Waals surface area contributed by atoms with Crippen LogP contribution in [0.25, 0.3) is 0 Å². The van der Waals surface area contributed by atoms with Gasteiger partial charge in [-0.15, -0.1) is 0 Å². The van der Waals surface area contributed by atoms with Crippen molar-refractivity contribution in [3.63, 3.8) is 0 Å². The van der Waals surface area contributed by atoms with Crippen molar-refractivity contribution in [1.82, 2.24) is 4.98 Å². The van der Waals surface area contributed by atoms with Gasteiger partial charge in [0.1, 0.15) is 17.3 Å². The molecule has 4 nitrogen and oxygen atoms in total. The fourth-order valence-corrected chi connectivity index (χ4v) is 2.20. The van der Waals surface area contributed by atoms with Gasteiger partial charge in [-0.3, -0.25) is 4.79 Å². The third-order valence-corrected chi connectivity index (χ3v) is 3.33. The number of amides is 1. The average molecular weight is 353 g/mol. The molecule has 0 saturated heterocycles. The summed E-state index contributed by atoms with van der Waals surface area (Å²) in [5, 5.41) is 3.33. The van der Waals surface area contributed by atoms with Crippen LogP contribution in [0.1, 0.15) is 23.0 Å². The van der Waals surface area contributed by atoms with Gasteiger partial charge in [-0.25, -0.2) is 9.37 Å². The maximum Gasteiger partial charge on any atom is 0.274 e. The Bertz CT molecular complexity index is 632. The van der Waals surface area contributed by atoms with E-state index in [4.69, 9.17) is 4.74 Å². The molecule has 0 aliphatic heterocycles. The third-order valence-electron chi connectivity index (χ3n) is 2.72. The van der Waals surface area contributed by atoms with Crippen molar-refractivity contribution in [1.29, 1.82) is 0 Å². The van der Waals surface area contributed by atoms with Crippen LogP contribution in [0.4, 0.5) is 10.1 Å². The van der Waals surface area contributed by atoms with E-state index in [1.807, 2.05) is 13.0 Å². The molecule has 1 aromatic heterocycles. The van der Waals surface area contributed by atoms with Gasteiger partial charge in [-0.2, -0.15) is 0 Å². The maximum atomic E-state index is 12.8. The zero-order valence-corrected chi connectivity index (χ0v) is 13.0. The number of alkyl halides is 1. The van der Waals surface area contributed by atoms with Gasteiger partial charge in [0.2, 0.25) is 0 Å². The SMILES string of the molecule is CCOc1ccc(NC(=O)c2ccc(F)cn2)cc1CBr. The quantitative estimate of drug-likeness (QED) is 0.833. The monoisotopic (exact) mass is 352 g/mol. The molecule has 1 amide bonds. The highest BCUT2D eigenvalue weighted by molar-refractivity contribution is 9.08. The normalized spacial score (nSPS) is 10.2. The summed E-state index contributed by atoms with van der Waals surface area (Å²) >= 11 is 3.38. The molecule has 2 aromatic rings. The third kappa shape index (κ3) is 4.01. The first kappa shape index (κ1) is 15.4. The number of halogens is 2. The highest BCUT2D eigenvalue weighted by Crippen LogP contribution is 2.25. The minimum atomic E-state index is -0.478. The van der Waals surface area contributed by atoms with Gasteiger partial charge in [-0.05, 0) is 37.3 Å². The summed E-state index contributed by atoms with van der Waals surface area (Å²) < 4.78 is 18.3. The topological polar surface area (TPSA) is 51.2 Å². The van der Waals surface area contributed by atoms with E-state index >= 15 is 0 Å². The summed E-state index contributed by atoms with van der Waals surface area (Å²) in [6.07, 6.45) is 1.01. The van der Waals surface area contributed by atoms with Gasteiger partial charge in [0.05, 0.1) is 12.8 Å². The van der Waals surface area contributed by atoms with E-state index < -0.39 is 5.82 Å². The molecular weight excluding hydrogens is 339 g/mol. The van der Waals surface area contributed by atoms with Crippen LogP contribution in [-0.2, 0) is 5.33 Å². The Morgan fingerprint density at radius 1 is 1.38 bits per heavy atom. The minimum absolute atomic E-state index is 0.158. The lowest BCUT2D eigenvalue weighted by atomic mass is 10.2. The smallest absolute Gasteiger partial charge is 0.274 e. The number of hydrogen-bond acceptors (Lipinski definition) is 3. The molecule has 0 aliphatic carbocycles. The van der Waals surface area contributed by atoms with E-state index in [1.165, 1.54) is 12.1 Å². The molecule has 110 valence electrons. The Labute approximate surface area is 130 Å². The summed E-state index contributed by atoms with van der Waals surface area (Å²) in [7, 11) is 0. The van der Waals surface area contributed by atoms with Crippen LogP contribution in [0.2, 0.25) is 0 Å². The first-order valence-electron chi connectivity index (χ1n) is 6.38. The van der Waals surface area contributed by atoms with E-state index in [0.29, 0.717) is 17.6 Å². The summed E-state index contributed by atoms with van der Waals surface area (Å²) in [6.45, 7) is 2.49. The van der Waals surface area contributed by atoms with Crippen LogP contribution in [0.15, 0.2) is 36.5 Å². The molecular formula is C15H14BrFN2O2. The van der Waals surface area contributed by atoms with E-state index in [9.17, 15) is 9.18 Å². The molecule has 0 atom stereocenters. The van der Waals surface area contributed by atoms with Gasteiger partial charge in [0, 0.05) is 16.6 Å². The number of rotatable bonds is 5. The number of hydrogen-bond donors (Lipinski definition) is 1. The van der Waals surface area contributed by atoms with Gasteiger partial charge in [0.15, 0.2) is 0 Å². The van der Waals surface area contributed by atoms with Crippen molar-refractivity contribution in [2.45, 2.75) is 12.3 Å². The molecule has 0 saturated carbocycles. The predicted molar refractivity (Wildman–Crippen MR) is 82.4 cm³/mol. The van der Waals surface area contributed by atoms with Gasteiger partial charge >= 0.3 is 0 Å². The van der Waals surface area contributed by atoms with Crippen LogP contribution in [0.3, 0.4) is 0 Å². The van der Waals surface area contributed by atoms with E-state index in [-0.39, 0.29) is 11.6 Å². The van der Waals surface area contributed by atoms with Crippen molar-refractivity contribution in [3.05, 3.63) is 53.6 Å². The number of pyridine rings is 1. The largest absolute Gasteiger partial charge is 0.494 e. The summed E-state index contributed by atoms with van der Waals surface area (Å²) in [5.74, 6) is -0.0962. The zero-order valence-electron chi connectivity index (χ0n) is 11.4. The Kier molecular flexibility index (Phi) is 5.27. The summed E-state index contributed by atoms with van der Waals surface area (Å²) in [4.78, 5) is 15.7. The molecule has 1 N–H and O–H groups in total. The number of ether oxygens (including phenoxy) is 1. The molecule has 0 bridgehead atoms. The lowest BCUT2D eigenvalue weighted by molar-refractivity contribution is 0.102. The second-order valence-corrected chi connectivity index (χ2v) is 4.77. The lowest BCUT2D eigenvalue weighted by Crippen LogP contribution is -2.13. The predicted octanol–water partition coefficient (Wildman–Crippen LogP) is 3.77. The molecule has 0 fully saturated rings. The Morgan fingerprint density at radius 3 is 2.81 bits per heavy atom. The average Bonchev–Trinajstić information content (AvgIpc) is 2.49. The number of nitrogens with one attached hydrogen (secondary N) is 1. The molecule has 21 heavy (non-hydrogen) atoms. The molecule has 1 heterocycles. The second kappa shape index (κ2) is 7.17. The van der Waals surface area contributed by atoms with Crippen LogP contribution in [0, 0.1) is 5.82 Å². The van der Waals surface area contributed by atoms with Crippen molar-refractivity contribution in [3.8, 4) is 5.75 Å². The number of anilines is 1. The Morgan fingerprint density at radius 2 is 2.19 bits per heavy atom. The van der Waals surface area contributed by atoms with Gasteiger partial charge < -0.3 is 10.1 Å². The van der Waals surface area contributed by atoms with Gasteiger partial charge in [0.25, 0.3) is 5.91 Å². The fourth-order valence-electron chi connectivity index (χ4n) is 1.76. The molecule has 0 radical (unpaired) electrons. The number of aromatic nitrogens is 1. The number of benzene rings is 1. The highest BCUT2D eigenvalue weighted by atomic mass is 79.9. The number of carbonyl (C=O) groups excluding carboxylic acids is 1. The molecule has 0 spiro atoms. The molecule has 0 aliphatic rings. The Hall–Kier alpha value is -1.95. The Balaban J connectivity index is 2.15. The van der Waals surface area contributed by atoms with Crippen LogP contribution in [0.5, 0.6) is 5.75 Å². The van der Waals surface area contributed by atoms with Crippen LogP contribution >= 0.6 is 15.9 Å². The summed E-state index contributed by atoms with van der Waals surface area (Å²) in [6, 6.07) is 7.90. The van der Waals surface area contributed by atoms with E-state index in [2.05, 4.69) is 26.2 Å².